The first-order chi connectivity index (χ1) is 8.59. The van der Waals surface area contributed by atoms with Crippen LogP contribution in [-0.2, 0) is 38.7 Å². The van der Waals surface area contributed by atoms with Gasteiger partial charge in [-0.05, 0) is 46.9 Å². The Morgan fingerprint density at radius 1 is 1.16 bits per heavy atom. The molecule has 0 saturated carbocycles. The minimum absolute atomic E-state index is 0. The van der Waals surface area contributed by atoms with Crippen LogP contribution in [0.5, 0.6) is 0 Å². The van der Waals surface area contributed by atoms with Crippen molar-refractivity contribution < 1.29 is 25.8 Å². The van der Waals surface area contributed by atoms with Crippen molar-refractivity contribution in [2.75, 3.05) is 0 Å². The van der Waals surface area contributed by atoms with Gasteiger partial charge in [-0.1, -0.05) is 57.9 Å². The van der Waals surface area contributed by atoms with E-state index in [-0.39, 0.29) is 25.8 Å². The Kier molecular flexibility index (Phi) is 4.55. The second kappa shape index (κ2) is 5.68. The average molecular weight is 419 g/mol. The molecule has 0 amide bonds. The maximum Gasteiger partial charge on any atom is 0.00273 e. The monoisotopic (exact) mass is 420 g/mol. The maximum atomic E-state index is 2.51. The van der Waals surface area contributed by atoms with E-state index in [4.69, 9.17) is 0 Å². The molecular formula is C18H24Hf. The topological polar surface area (TPSA) is 0 Å². The summed E-state index contributed by atoms with van der Waals surface area (Å²) in [6, 6.07) is 4.97. The summed E-state index contributed by atoms with van der Waals surface area (Å²) in [7, 11) is 0. The van der Waals surface area contributed by atoms with E-state index >= 15 is 0 Å². The largest absolute Gasteiger partial charge is 0.0764 e. The fourth-order valence-electron chi connectivity index (χ4n) is 3.61. The van der Waals surface area contributed by atoms with Gasteiger partial charge in [0.1, 0.15) is 0 Å². The molecule has 0 heterocycles. The molecule has 0 saturated heterocycles. The van der Waals surface area contributed by atoms with Crippen molar-refractivity contribution in [2.45, 2.75) is 58.8 Å². The molecule has 19 heavy (non-hydrogen) atoms. The fourth-order valence-corrected chi connectivity index (χ4v) is 3.61. The van der Waals surface area contributed by atoms with Crippen molar-refractivity contribution in [1.82, 2.24) is 0 Å². The van der Waals surface area contributed by atoms with Crippen LogP contribution in [0.2, 0.25) is 0 Å². The summed E-state index contributed by atoms with van der Waals surface area (Å²) in [6.45, 7) is 7.07. The quantitative estimate of drug-likeness (QED) is 0.598. The summed E-state index contributed by atoms with van der Waals surface area (Å²) in [5.41, 5.74) is 6.77. The molecule has 0 aromatic heterocycles. The third kappa shape index (κ3) is 2.96. The smallest absolute Gasteiger partial charge is 0.00273 e. The molecular weight excluding hydrogens is 395 g/mol. The van der Waals surface area contributed by atoms with E-state index in [2.05, 4.69) is 45.1 Å². The van der Waals surface area contributed by atoms with Crippen LogP contribution in [0.1, 0.15) is 68.2 Å². The van der Waals surface area contributed by atoms with Crippen molar-refractivity contribution in [2.24, 2.45) is 5.41 Å². The molecule has 100 valence electrons. The van der Waals surface area contributed by atoms with Gasteiger partial charge in [0.25, 0.3) is 0 Å². The van der Waals surface area contributed by atoms with Crippen molar-refractivity contribution in [1.29, 1.82) is 0 Å². The van der Waals surface area contributed by atoms with Gasteiger partial charge in [0, 0.05) is 31.8 Å². The van der Waals surface area contributed by atoms with E-state index in [1.54, 1.807) is 16.7 Å². The molecule has 1 heteroatoms. The third-order valence-corrected chi connectivity index (χ3v) is 4.52. The number of hydrogen-bond donors (Lipinski definition) is 0. The zero-order valence-electron chi connectivity index (χ0n) is 12.4. The Morgan fingerprint density at radius 2 is 1.84 bits per heavy atom. The molecule has 2 aliphatic carbocycles. The van der Waals surface area contributed by atoms with E-state index in [0.717, 1.165) is 0 Å². The van der Waals surface area contributed by atoms with Gasteiger partial charge in [0.15, 0.2) is 0 Å². The van der Waals surface area contributed by atoms with Crippen molar-refractivity contribution >= 4 is 6.08 Å². The van der Waals surface area contributed by atoms with E-state index < -0.39 is 0 Å². The number of fused-ring (bicyclic) bond motifs is 2. The van der Waals surface area contributed by atoms with Gasteiger partial charge in [-0.2, -0.15) is 0 Å². The van der Waals surface area contributed by atoms with Crippen LogP contribution in [0.15, 0.2) is 18.2 Å². The summed E-state index contributed by atoms with van der Waals surface area (Å²) < 4.78 is 0. The van der Waals surface area contributed by atoms with Gasteiger partial charge in [0.05, 0.1) is 0 Å². The molecule has 1 atom stereocenters. The molecule has 2 aliphatic rings. The summed E-state index contributed by atoms with van der Waals surface area (Å²) in [5, 5.41) is 0. The first kappa shape index (κ1) is 15.2. The number of benzene rings is 1. The molecule has 0 radical (unpaired) electrons. The molecule has 1 unspecified atom stereocenters. The Labute approximate surface area is 136 Å². The number of rotatable bonds is 3. The van der Waals surface area contributed by atoms with E-state index in [0.29, 0.717) is 11.3 Å². The average Bonchev–Trinajstić information content (AvgIpc) is 2.81. The predicted molar refractivity (Wildman–Crippen MR) is 78.9 cm³/mol. The van der Waals surface area contributed by atoms with Crippen LogP contribution in [0.3, 0.4) is 0 Å². The number of unbranched alkanes of at least 4 members (excludes halogenated alkanes) is 1. The van der Waals surface area contributed by atoms with Crippen molar-refractivity contribution in [3.63, 3.8) is 0 Å². The molecule has 1 aromatic carbocycles. The molecule has 3 rings (SSSR count). The predicted octanol–water partition coefficient (Wildman–Crippen LogP) is 5.11. The number of allylic oxidation sites excluding steroid dienone is 1. The van der Waals surface area contributed by atoms with Gasteiger partial charge >= 0.3 is 0 Å². The Hall–Kier alpha value is -0.170. The SMILES string of the molecule is CCCCC1C=Cc2cc3c(cc21)CC(C)(C)C3.[Hf]. The standard InChI is InChI=1S/C18H24.Hf/c1-4-5-6-13-7-8-14-9-15-11-18(2,3)12-16(15)10-17(13)14;/h7-10,13H,4-6,11-12H2,1-3H3;. The van der Waals surface area contributed by atoms with Crippen LogP contribution < -0.4 is 0 Å². The van der Waals surface area contributed by atoms with Crippen LogP contribution in [0, 0.1) is 5.41 Å². The molecule has 0 aliphatic heterocycles. The van der Waals surface area contributed by atoms with Gasteiger partial charge in [-0.25, -0.2) is 0 Å². The van der Waals surface area contributed by atoms with Crippen LogP contribution in [0.25, 0.3) is 6.08 Å². The fraction of sp³-hybridized carbons (Fsp3) is 0.556. The first-order valence-corrected chi connectivity index (χ1v) is 7.43. The maximum absolute atomic E-state index is 2.51. The Morgan fingerprint density at radius 3 is 2.53 bits per heavy atom. The van der Waals surface area contributed by atoms with Crippen LogP contribution in [-0.4, -0.2) is 0 Å². The molecule has 0 bridgehead atoms. The zero-order valence-corrected chi connectivity index (χ0v) is 16.0. The van der Waals surface area contributed by atoms with Gasteiger partial charge in [-0.15, -0.1) is 0 Å². The van der Waals surface area contributed by atoms with Crippen LogP contribution in [0.4, 0.5) is 0 Å². The molecule has 0 spiro atoms. The first-order valence-electron chi connectivity index (χ1n) is 7.43. The van der Waals surface area contributed by atoms with Crippen LogP contribution >= 0.6 is 0 Å². The summed E-state index contributed by atoms with van der Waals surface area (Å²) >= 11 is 0. The van der Waals surface area contributed by atoms with Gasteiger partial charge < -0.3 is 0 Å². The molecule has 0 fully saturated rings. The summed E-state index contributed by atoms with van der Waals surface area (Å²) in [4.78, 5) is 0. The minimum Gasteiger partial charge on any atom is -0.0764 e. The van der Waals surface area contributed by atoms with E-state index in [9.17, 15) is 0 Å². The summed E-state index contributed by atoms with van der Waals surface area (Å²) in [6.07, 6.45) is 11.2. The molecule has 0 nitrogen and oxygen atoms in total. The van der Waals surface area contributed by atoms with Gasteiger partial charge in [-0.3, -0.25) is 0 Å². The zero-order chi connectivity index (χ0) is 12.8. The summed E-state index contributed by atoms with van der Waals surface area (Å²) in [5.74, 6) is 0.689. The second-order valence-corrected chi connectivity index (χ2v) is 6.88. The van der Waals surface area contributed by atoms with E-state index in [1.807, 2.05) is 0 Å². The molecule has 0 N–H and O–H groups in total. The van der Waals surface area contributed by atoms with Crippen molar-refractivity contribution in [3.05, 3.63) is 40.5 Å². The molecule has 1 aromatic rings. The normalized spacial score (nSPS) is 21.9. The third-order valence-electron chi connectivity index (χ3n) is 4.52. The number of hydrogen-bond acceptors (Lipinski definition) is 0. The second-order valence-electron chi connectivity index (χ2n) is 6.88. The Bertz CT molecular complexity index is 497. The van der Waals surface area contributed by atoms with Gasteiger partial charge in [0.2, 0.25) is 0 Å². The van der Waals surface area contributed by atoms with E-state index in [1.165, 1.54) is 37.7 Å². The minimum atomic E-state index is 0. The van der Waals surface area contributed by atoms with Crippen molar-refractivity contribution in [3.8, 4) is 0 Å². The Balaban J connectivity index is 0.00000133.